The Kier molecular flexibility index (Phi) is 5.27. The largest absolute Gasteiger partial charge is 0.397 e. The highest BCUT2D eigenvalue weighted by molar-refractivity contribution is 5.77. The van der Waals surface area contributed by atoms with Crippen molar-refractivity contribution >= 4 is 5.91 Å². The van der Waals surface area contributed by atoms with Crippen molar-refractivity contribution < 1.29 is 18.0 Å². The summed E-state index contributed by atoms with van der Waals surface area (Å²) in [6.45, 7) is 3.97. The lowest BCUT2D eigenvalue weighted by Crippen LogP contribution is -2.42. The molecule has 8 heteroatoms. The Bertz CT molecular complexity index is 618. The highest BCUT2D eigenvalue weighted by Crippen LogP contribution is 2.41. The minimum atomic E-state index is -4.46. The Balaban J connectivity index is 1.61. The van der Waals surface area contributed by atoms with Crippen LogP contribution in [-0.4, -0.2) is 46.1 Å². The van der Waals surface area contributed by atoms with Gasteiger partial charge in [0.15, 0.2) is 0 Å². The Morgan fingerprint density at radius 1 is 1.36 bits per heavy atom. The molecule has 1 saturated heterocycles. The molecule has 1 aliphatic carbocycles. The summed E-state index contributed by atoms with van der Waals surface area (Å²) in [4.78, 5) is 22.5. The summed E-state index contributed by atoms with van der Waals surface area (Å²) in [5.74, 6) is 0.591. The van der Waals surface area contributed by atoms with Gasteiger partial charge in [0.1, 0.15) is 12.2 Å². The molecule has 5 nitrogen and oxygen atoms in total. The molecule has 2 heterocycles. The second-order valence-corrected chi connectivity index (χ2v) is 6.98. The molecule has 1 aromatic heterocycles. The van der Waals surface area contributed by atoms with Gasteiger partial charge in [0.05, 0.1) is 5.69 Å². The van der Waals surface area contributed by atoms with Crippen molar-refractivity contribution in [3.8, 4) is 0 Å². The number of amides is 1. The summed E-state index contributed by atoms with van der Waals surface area (Å²) in [5, 5.41) is 2.61. The molecule has 1 N–H and O–H groups in total. The van der Waals surface area contributed by atoms with Crippen LogP contribution in [0.1, 0.15) is 37.7 Å². The maximum absolute atomic E-state index is 12.4. The third kappa shape index (κ3) is 5.14. The second-order valence-electron chi connectivity index (χ2n) is 6.98. The van der Waals surface area contributed by atoms with Crippen LogP contribution in [0.5, 0.6) is 0 Å². The zero-order valence-corrected chi connectivity index (χ0v) is 14.2. The van der Waals surface area contributed by atoms with Crippen molar-refractivity contribution in [3.05, 3.63) is 23.8 Å². The van der Waals surface area contributed by atoms with E-state index < -0.39 is 18.5 Å². The number of halogens is 3. The summed E-state index contributed by atoms with van der Waals surface area (Å²) in [7, 11) is 0. The number of hydrogen-bond donors (Lipinski definition) is 1. The Labute approximate surface area is 145 Å². The van der Waals surface area contributed by atoms with Crippen molar-refractivity contribution in [2.75, 3.05) is 13.1 Å². The molecule has 0 bridgehead atoms. The number of carbonyl (C=O) groups is 1. The van der Waals surface area contributed by atoms with Crippen LogP contribution >= 0.6 is 0 Å². The first kappa shape index (κ1) is 18.1. The first-order chi connectivity index (χ1) is 11.8. The van der Waals surface area contributed by atoms with Crippen molar-refractivity contribution in [1.82, 2.24) is 20.2 Å². The number of rotatable bonds is 6. The summed E-state index contributed by atoms with van der Waals surface area (Å²) in [5.41, 5.74) is 0.906. The fourth-order valence-electron chi connectivity index (χ4n) is 3.57. The van der Waals surface area contributed by atoms with Crippen LogP contribution in [0.15, 0.2) is 12.3 Å². The van der Waals surface area contributed by atoms with Crippen molar-refractivity contribution in [3.63, 3.8) is 0 Å². The molecule has 0 spiro atoms. The standard InChI is InChI=1S/C17H23F3N4O/c1-2-15-21-6-5-12(22-15)8-24-9-13(11-3-4-11)14(10-24)23-16(25)7-17(18,19)20/h5-6,11,13-14H,2-4,7-10H2,1H3,(H,23,25)/t13-,14+/m1/s1. The van der Waals surface area contributed by atoms with Crippen LogP contribution in [0.3, 0.4) is 0 Å². The van der Waals surface area contributed by atoms with E-state index in [2.05, 4.69) is 20.2 Å². The van der Waals surface area contributed by atoms with Crippen LogP contribution in [0, 0.1) is 11.8 Å². The highest BCUT2D eigenvalue weighted by atomic mass is 19.4. The smallest absolute Gasteiger partial charge is 0.351 e. The van der Waals surface area contributed by atoms with Gasteiger partial charge in [-0.05, 0) is 30.7 Å². The third-order valence-electron chi connectivity index (χ3n) is 4.84. The van der Waals surface area contributed by atoms with Crippen LogP contribution in [0.4, 0.5) is 13.2 Å². The fraction of sp³-hybridized carbons (Fsp3) is 0.706. The normalized spacial score (nSPS) is 24.5. The van der Waals surface area contributed by atoms with Gasteiger partial charge in [-0.15, -0.1) is 0 Å². The molecule has 25 heavy (non-hydrogen) atoms. The first-order valence-corrected chi connectivity index (χ1v) is 8.73. The van der Waals surface area contributed by atoms with Crippen LogP contribution < -0.4 is 5.32 Å². The molecule has 1 saturated carbocycles. The van der Waals surface area contributed by atoms with E-state index in [4.69, 9.17) is 0 Å². The predicted octanol–water partition coefficient (Wildman–Crippen LogP) is 2.32. The SMILES string of the molecule is CCc1nccc(CN2C[C@H](NC(=O)CC(F)(F)F)[C@@H](C3CC3)C2)n1. The molecule has 1 aromatic rings. The highest BCUT2D eigenvalue weighted by Gasteiger charge is 2.43. The summed E-state index contributed by atoms with van der Waals surface area (Å²) in [6, 6.07) is 1.65. The molecule has 0 unspecified atom stereocenters. The Morgan fingerprint density at radius 2 is 2.12 bits per heavy atom. The van der Waals surface area contributed by atoms with Crippen LogP contribution in [0.25, 0.3) is 0 Å². The molecule has 2 aliphatic rings. The third-order valence-corrected chi connectivity index (χ3v) is 4.84. The average Bonchev–Trinajstić information content (AvgIpc) is 3.29. The lowest BCUT2D eigenvalue weighted by molar-refractivity contribution is -0.154. The van der Waals surface area contributed by atoms with Crippen molar-refractivity contribution in [2.45, 2.75) is 51.4 Å². The van der Waals surface area contributed by atoms with Gasteiger partial charge in [-0.25, -0.2) is 9.97 Å². The lowest BCUT2D eigenvalue weighted by atomic mass is 9.98. The number of hydrogen-bond acceptors (Lipinski definition) is 4. The van der Waals surface area contributed by atoms with E-state index in [-0.39, 0.29) is 12.0 Å². The van der Waals surface area contributed by atoms with Gasteiger partial charge in [-0.1, -0.05) is 6.92 Å². The number of nitrogens with one attached hydrogen (secondary N) is 1. The van der Waals surface area contributed by atoms with E-state index in [1.54, 1.807) is 6.20 Å². The summed E-state index contributed by atoms with van der Waals surface area (Å²) < 4.78 is 37.2. The molecular formula is C17H23F3N4O. The molecule has 2 atom stereocenters. The molecule has 0 aromatic carbocycles. The van der Waals surface area contributed by atoms with Gasteiger partial charge in [0.25, 0.3) is 0 Å². The van der Waals surface area contributed by atoms with E-state index in [1.165, 1.54) is 0 Å². The van der Waals surface area contributed by atoms with Gasteiger partial charge in [-0.2, -0.15) is 13.2 Å². The van der Waals surface area contributed by atoms with Crippen molar-refractivity contribution in [2.24, 2.45) is 11.8 Å². The zero-order chi connectivity index (χ0) is 18.0. The van der Waals surface area contributed by atoms with Gasteiger partial charge < -0.3 is 5.32 Å². The van der Waals surface area contributed by atoms with Gasteiger partial charge >= 0.3 is 6.18 Å². The minimum Gasteiger partial charge on any atom is -0.351 e. The summed E-state index contributed by atoms with van der Waals surface area (Å²) >= 11 is 0. The average molecular weight is 356 g/mol. The second kappa shape index (κ2) is 7.27. The molecule has 3 rings (SSSR count). The van der Waals surface area contributed by atoms with E-state index in [0.29, 0.717) is 19.0 Å². The maximum atomic E-state index is 12.4. The summed E-state index contributed by atoms with van der Waals surface area (Å²) in [6.07, 6.45) is -1.19. The van der Waals surface area contributed by atoms with Gasteiger partial charge in [0.2, 0.25) is 5.91 Å². The number of carbonyl (C=O) groups excluding carboxylic acids is 1. The maximum Gasteiger partial charge on any atom is 0.397 e. The molecule has 138 valence electrons. The Hall–Kier alpha value is -1.70. The fourth-order valence-corrected chi connectivity index (χ4v) is 3.57. The van der Waals surface area contributed by atoms with Gasteiger partial charge in [0, 0.05) is 38.3 Å². The quantitative estimate of drug-likeness (QED) is 0.850. The zero-order valence-electron chi connectivity index (χ0n) is 14.2. The molecular weight excluding hydrogens is 333 g/mol. The minimum absolute atomic E-state index is 0.213. The van der Waals surface area contributed by atoms with Crippen LogP contribution in [0.2, 0.25) is 0 Å². The number of aromatic nitrogens is 2. The molecule has 0 radical (unpaired) electrons. The molecule has 2 fully saturated rings. The monoisotopic (exact) mass is 356 g/mol. The molecule has 1 amide bonds. The van der Waals surface area contributed by atoms with Crippen LogP contribution in [-0.2, 0) is 17.8 Å². The number of nitrogens with zero attached hydrogens (tertiary/aromatic N) is 3. The lowest BCUT2D eigenvalue weighted by Gasteiger charge is -2.20. The van der Waals surface area contributed by atoms with Gasteiger partial charge in [-0.3, -0.25) is 9.69 Å². The van der Waals surface area contributed by atoms with E-state index >= 15 is 0 Å². The molecule has 1 aliphatic heterocycles. The topological polar surface area (TPSA) is 58.1 Å². The Morgan fingerprint density at radius 3 is 2.76 bits per heavy atom. The number of aryl methyl sites for hydroxylation is 1. The number of alkyl halides is 3. The van der Waals surface area contributed by atoms with E-state index in [1.807, 2.05) is 13.0 Å². The predicted molar refractivity (Wildman–Crippen MR) is 85.5 cm³/mol. The van der Waals surface area contributed by atoms with E-state index in [0.717, 1.165) is 37.3 Å². The van der Waals surface area contributed by atoms with E-state index in [9.17, 15) is 18.0 Å². The van der Waals surface area contributed by atoms with Crippen molar-refractivity contribution in [1.29, 1.82) is 0 Å². The first-order valence-electron chi connectivity index (χ1n) is 8.73. The number of likely N-dealkylation sites (tertiary alicyclic amines) is 1.